The molecule has 2 aliphatic rings. The zero-order valence-corrected chi connectivity index (χ0v) is 14.7. The van der Waals surface area contributed by atoms with Gasteiger partial charge in [0.1, 0.15) is 12.7 Å². The fourth-order valence-electron chi connectivity index (χ4n) is 3.04. The van der Waals surface area contributed by atoms with Crippen molar-refractivity contribution in [1.29, 1.82) is 0 Å². The van der Waals surface area contributed by atoms with Crippen molar-refractivity contribution >= 4 is 5.69 Å². The Balaban J connectivity index is 1.08. The highest BCUT2D eigenvalue weighted by molar-refractivity contribution is 5.55. The van der Waals surface area contributed by atoms with Crippen molar-refractivity contribution in [3.63, 3.8) is 0 Å². The lowest BCUT2D eigenvalue weighted by Crippen LogP contribution is -2.38. The van der Waals surface area contributed by atoms with Gasteiger partial charge in [-0.3, -0.25) is 0 Å². The number of anilines is 1. The van der Waals surface area contributed by atoms with Crippen LogP contribution in [0.4, 0.5) is 5.69 Å². The van der Waals surface area contributed by atoms with Crippen molar-refractivity contribution in [2.45, 2.75) is 18.9 Å². The molecule has 0 fully saturated rings. The molecule has 26 heavy (non-hydrogen) atoms. The Morgan fingerprint density at radius 3 is 2.62 bits per heavy atom. The molecule has 1 atom stereocenters. The zero-order valence-electron chi connectivity index (χ0n) is 14.7. The van der Waals surface area contributed by atoms with Crippen LogP contribution in [-0.2, 0) is 0 Å². The number of benzene rings is 2. The summed E-state index contributed by atoms with van der Waals surface area (Å²) >= 11 is 0. The molecule has 0 aromatic heterocycles. The van der Waals surface area contributed by atoms with Crippen LogP contribution in [0.2, 0.25) is 0 Å². The zero-order chi connectivity index (χ0) is 17.6. The number of fused-ring (bicyclic) bond motifs is 2. The molecule has 2 aromatic rings. The first kappa shape index (κ1) is 16.8. The molecule has 1 unspecified atom stereocenters. The van der Waals surface area contributed by atoms with Crippen LogP contribution in [0.5, 0.6) is 23.0 Å². The van der Waals surface area contributed by atoms with E-state index in [2.05, 4.69) is 10.6 Å². The van der Waals surface area contributed by atoms with Gasteiger partial charge < -0.3 is 29.6 Å². The SMILES string of the molecule is c1ccc2c(c1)OCC(CNCCCCNc1ccc3c(c1)OCO3)O2. The summed E-state index contributed by atoms with van der Waals surface area (Å²) < 4.78 is 22.3. The molecule has 138 valence electrons. The number of unbranched alkanes of at least 4 members (excludes halogenated alkanes) is 1. The van der Waals surface area contributed by atoms with Crippen LogP contribution in [0.1, 0.15) is 12.8 Å². The average Bonchev–Trinajstić information content (AvgIpc) is 3.15. The highest BCUT2D eigenvalue weighted by atomic mass is 16.7. The normalized spacial score (nSPS) is 17.2. The second kappa shape index (κ2) is 8.19. The molecule has 2 N–H and O–H groups in total. The van der Waals surface area contributed by atoms with Crippen molar-refractivity contribution in [3.05, 3.63) is 42.5 Å². The maximum absolute atomic E-state index is 5.93. The van der Waals surface area contributed by atoms with E-state index in [1.54, 1.807) is 0 Å². The van der Waals surface area contributed by atoms with Gasteiger partial charge in [0.15, 0.2) is 23.0 Å². The maximum Gasteiger partial charge on any atom is 0.231 e. The van der Waals surface area contributed by atoms with Gasteiger partial charge in [-0.15, -0.1) is 0 Å². The summed E-state index contributed by atoms with van der Waals surface area (Å²) in [4.78, 5) is 0. The summed E-state index contributed by atoms with van der Waals surface area (Å²) in [5, 5.41) is 6.87. The van der Waals surface area contributed by atoms with Crippen molar-refractivity contribution in [3.8, 4) is 23.0 Å². The van der Waals surface area contributed by atoms with Crippen LogP contribution in [0.25, 0.3) is 0 Å². The molecule has 6 nitrogen and oxygen atoms in total. The van der Waals surface area contributed by atoms with E-state index in [0.717, 1.165) is 61.2 Å². The Morgan fingerprint density at radius 1 is 0.846 bits per heavy atom. The quantitative estimate of drug-likeness (QED) is 0.709. The van der Waals surface area contributed by atoms with Gasteiger partial charge >= 0.3 is 0 Å². The number of nitrogens with one attached hydrogen (secondary N) is 2. The molecule has 0 amide bonds. The van der Waals surface area contributed by atoms with Gasteiger partial charge in [0.2, 0.25) is 6.79 Å². The molecule has 0 saturated carbocycles. The van der Waals surface area contributed by atoms with Crippen LogP contribution in [0.15, 0.2) is 42.5 Å². The Hall–Kier alpha value is -2.60. The van der Waals surface area contributed by atoms with Crippen LogP contribution in [0, 0.1) is 0 Å². The van der Waals surface area contributed by atoms with Crippen LogP contribution in [-0.4, -0.2) is 39.1 Å². The first-order chi connectivity index (χ1) is 12.9. The average molecular weight is 356 g/mol. The van der Waals surface area contributed by atoms with Gasteiger partial charge in [-0.1, -0.05) is 12.1 Å². The lowest BCUT2D eigenvalue weighted by atomic mass is 10.2. The minimum absolute atomic E-state index is 0.0663. The topological polar surface area (TPSA) is 61.0 Å². The number of hydrogen-bond donors (Lipinski definition) is 2. The number of rotatable bonds is 8. The fraction of sp³-hybridized carbons (Fsp3) is 0.400. The second-order valence-corrected chi connectivity index (χ2v) is 6.40. The molecule has 6 heteroatoms. The van der Waals surface area contributed by atoms with E-state index in [1.807, 2.05) is 42.5 Å². The Labute approximate surface area is 153 Å². The molecule has 4 rings (SSSR count). The molecular weight excluding hydrogens is 332 g/mol. The summed E-state index contributed by atoms with van der Waals surface area (Å²) in [6.07, 6.45) is 2.25. The lowest BCUT2D eigenvalue weighted by molar-refractivity contribution is 0.0905. The third kappa shape index (κ3) is 4.14. The first-order valence-corrected chi connectivity index (χ1v) is 9.11. The minimum atomic E-state index is 0.0663. The second-order valence-electron chi connectivity index (χ2n) is 6.40. The summed E-state index contributed by atoms with van der Waals surface area (Å²) in [5.74, 6) is 3.29. The van der Waals surface area contributed by atoms with Crippen LogP contribution in [0.3, 0.4) is 0 Å². The number of hydrogen-bond acceptors (Lipinski definition) is 6. The van der Waals surface area contributed by atoms with Gasteiger partial charge in [-0.05, 0) is 43.7 Å². The van der Waals surface area contributed by atoms with Gasteiger partial charge in [-0.25, -0.2) is 0 Å². The van der Waals surface area contributed by atoms with Crippen LogP contribution >= 0.6 is 0 Å². The van der Waals surface area contributed by atoms with Gasteiger partial charge in [-0.2, -0.15) is 0 Å². The van der Waals surface area contributed by atoms with E-state index >= 15 is 0 Å². The summed E-state index contributed by atoms with van der Waals surface area (Å²) in [5.41, 5.74) is 1.06. The van der Waals surface area contributed by atoms with Gasteiger partial charge in [0.05, 0.1) is 0 Å². The standard InChI is InChI=1S/C20H24N2O4/c1-2-6-19-17(5-1)23-13-16(26-19)12-21-9-3-4-10-22-15-7-8-18-20(11-15)25-14-24-18/h1-2,5-8,11,16,21-22H,3-4,9-10,12-14H2. The van der Waals surface area contributed by atoms with E-state index < -0.39 is 0 Å². The molecule has 2 aliphatic heterocycles. The first-order valence-electron chi connectivity index (χ1n) is 9.11. The molecule has 0 saturated heterocycles. The summed E-state index contributed by atoms with van der Waals surface area (Å²) in [7, 11) is 0. The highest BCUT2D eigenvalue weighted by Crippen LogP contribution is 2.34. The summed E-state index contributed by atoms with van der Waals surface area (Å²) in [6, 6.07) is 13.7. The molecule has 2 heterocycles. The van der Waals surface area contributed by atoms with Crippen molar-refractivity contribution in [2.24, 2.45) is 0 Å². The van der Waals surface area contributed by atoms with E-state index in [9.17, 15) is 0 Å². The molecule has 0 radical (unpaired) electrons. The van der Waals surface area contributed by atoms with Gasteiger partial charge in [0, 0.05) is 24.8 Å². The molecule has 0 spiro atoms. The van der Waals surface area contributed by atoms with Crippen molar-refractivity contribution < 1.29 is 18.9 Å². The minimum Gasteiger partial charge on any atom is -0.486 e. The molecular formula is C20H24N2O4. The predicted molar refractivity (Wildman–Crippen MR) is 99.5 cm³/mol. The molecule has 0 aliphatic carbocycles. The Bertz CT molecular complexity index is 738. The van der Waals surface area contributed by atoms with Crippen molar-refractivity contribution in [1.82, 2.24) is 5.32 Å². The van der Waals surface area contributed by atoms with E-state index in [0.29, 0.717) is 13.4 Å². The Morgan fingerprint density at radius 2 is 1.65 bits per heavy atom. The van der Waals surface area contributed by atoms with Gasteiger partial charge in [0.25, 0.3) is 0 Å². The predicted octanol–water partition coefficient (Wildman–Crippen LogP) is 3.04. The maximum atomic E-state index is 5.93. The number of para-hydroxylation sites is 2. The third-order valence-electron chi connectivity index (χ3n) is 4.42. The van der Waals surface area contributed by atoms with E-state index in [-0.39, 0.29) is 6.10 Å². The smallest absolute Gasteiger partial charge is 0.231 e. The van der Waals surface area contributed by atoms with Crippen molar-refractivity contribution in [2.75, 3.05) is 38.4 Å². The third-order valence-corrected chi connectivity index (χ3v) is 4.42. The molecule has 0 bridgehead atoms. The monoisotopic (exact) mass is 356 g/mol. The number of ether oxygens (including phenoxy) is 4. The highest BCUT2D eigenvalue weighted by Gasteiger charge is 2.19. The fourth-order valence-corrected chi connectivity index (χ4v) is 3.04. The van der Waals surface area contributed by atoms with E-state index in [4.69, 9.17) is 18.9 Å². The van der Waals surface area contributed by atoms with Crippen LogP contribution < -0.4 is 29.6 Å². The Kier molecular flexibility index (Phi) is 5.30. The molecule has 2 aromatic carbocycles. The summed E-state index contributed by atoms with van der Waals surface area (Å²) in [6.45, 7) is 3.59. The van der Waals surface area contributed by atoms with E-state index in [1.165, 1.54) is 0 Å². The lowest BCUT2D eigenvalue weighted by Gasteiger charge is -2.26. The largest absolute Gasteiger partial charge is 0.486 e.